The first-order valence-corrected chi connectivity index (χ1v) is 8.23. The van der Waals surface area contributed by atoms with Gasteiger partial charge in [0.05, 0.1) is 11.1 Å². The Kier molecular flexibility index (Phi) is 6.64. The molecule has 0 N–H and O–H groups in total. The molecule has 0 atom stereocenters. The summed E-state index contributed by atoms with van der Waals surface area (Å²) in [6, 6.07) is 15.3. The predicted octanol–water partition coefficient (Wildman–Crippen LogP) is 4.59. The van der Waals surface area contributed by atoms with Gasteiger partial charge >= 0.3 is 5.97 Å². The lowest BCUT2D eigenvalue weighted by molar-refractivity contribution is -0.119. The second-order valence-electron chi connectivity index (χ2n) is 5.49. The number of allylic oxidation sites excluding steroid dienone is 3. The van der Waals surface area contributed by atoms with E-state index in [1.165, 1.54) is 26.0 Å². The maximum absolute atomic E-state index is 12.1. The molecular weight excluding hydrogens is 352 g/mol. The molecule has 0 unspecified atom stereocenters. The van der Waals surface area contributed by atoms with Gasteiger partial charge in [-0.3, -0.25) is 9.59 Å². The molecule has 2 rings (SSSR count). The van der Waals surface area contributed by atoms with Crippen molar-refractivity contribution in [3.05, 3.63) is 83.4 Å². The molecule has 26 heavy (non-hydrogen) atoms. The lowest BCUT2D eigenvalue weighted by atomic mass is 10.1. The minimum absolute atomic E-state index is 0.0752. The van der Waals surface area contributed by atoms with Gasteiger partial charge in [-0.1, -0.05) is 41.9 Å². The van der Waals surface area contributed by atoms with Crippen LogP contribution in [0.15, 0.2) is 72.3 Å². The molecule has 0 saturated carbocycles. The minimum Gasteiger partial charge on any atom is -0.423 e. The van der Waals surface area contributed by atoms with Crippen LogP contribution in [-0.2, 0) is 9.59 Å². The number of halogens is 1. The number of benzene rings is 2. The fourth-order valence-corrected chi connectivity index (χ4v) is 2.34. The Morgan fingerprint density at radius 3 is 1.88 bits per heavy atom. The fourth-order valence-electron chi connectivity index (χ4n) is 2.16. The van der Waals surface area contributed by atoms with Crippen molar-refractivity contribution in [3.8, 4) is 5.75 Å². The average Bonchev–Trinajstić information content (AvgIpc) is 2.62. The molecule has 2 aromatic carbocycles. The van der Waals surface area contributed by atoms with Crippen LogP contribution in [0.5, 0.6) is 5.75 Å². The smallest absolute Gasteiger partial charge is 0.343 e. The first kappa shape index (κ1) is 19.3. The number of para-hydroxylation sites is 1. The first-order valence-electron chi connectivity index (χ1n) is 7.85. The summed E-state index contributed by atoms with van der Waals surface area (Å²) in [6.07, 6.45) is 2.88. The third-order valence-corrected chi connectivity index (χ3v) is 3.85. The molecule has 0 aliphatic heterocycles. The molecule has 0 radical (unpaired) electrons. The SMILES string of the molecule is CC(=O)C(=CC=C(Cl)c1ccc(C(=O)Oc2ccccc2)cc1)C(C)=O. The highest BCUT2D eigenvalue weighted by atomic mass is 35.5. The molecule has 5 heteroatoms. The molecule has 0 aliphatic rings. The van der Waals surface area contributed by atoms with Gasteiger partial charge in [-0.05, 0) is 55.8 Å². The zero-order chi connectivity index (χ0) is 19.1. The molecule has 0 aromatic heterocycles. The van der Waals surface area contributed by atoms with E-state index in [2.05, 4.69) is 0 Å². The number of Topliss-reactive ketones (excluding diaryl/α,β-unsaturated/α-hetero) is 2. The topological polar surface area (TPSA) is 60.4 Å². The lowest BCUT2D eigenvalue weighted by Crippen LogP contribution is -2.08. The van der Waals surface area contributed by atoms with E-state index in [1.807, 2.05) is 6.07 Å². The van der Waals surface area contributed by atoms with Gasteiger partial charge in [0.15, 0.2) is 11.6 Å². The summed E-state index contributed by atoms with van der Waals surface area (Å²) in [7, 11) is 0. The highest BCUT2D eigenvalue weighted by molar-refractivity contribution is 6.49. The van der Waals surface area contributed by atoms with E-state index in [-0.39, 0.29) is 17.1 Å². The Morgan fingerprint density at radius 2 is 1.35 bits per heavy atom. The van der Waals surface area contributed by atoms with Gasteiger partial charge in [-0.25, -0.2) is 4.79 Å². The van der Waals surface area contributed by atoms with Crippen LogP contribution in [0.3, 0.4) is 0 Å². The monoisotopic (exact) mass is 368 g/mol. The normalized spacial score (nSPS) is 10.8. The number of ether oxygens (including phenoxy) is 1. The summed E-state index contributed by atoms with van der Waals surface area (Å²) in [6.45, 7) is 2.64. The van der Waals surface area contributed by atoms with Crippen LogP contribution in [0, 0.1) is 0 Å². The molecule has 0 amide bonds. The Morgan fingerprint density at radius 1 is 0.808 bits per heavy atom. The number of esters is 1. The summed E-state index contributed by atoms with van der Waals surface area (Å²) < 4.78 is 5.26. The predicted molar refractivity (Wildman–Crippen MR) is 101 cm³/mol. The second kappa shape index (κ2) is 8.92. The quantitative estimate of drug-likeness (QED) is 0.187. The molecule has 4 nitrogen and oxygen atoms in total. The average molecular weight is 369 g/mol. The number of carbonyl (C=O) groups is 3. The summed E-state index contributed by atoms with van der Waals surface area (Å²) in [5.41, 5.74) is 1.10. The van der Waals surface area contributed by atoms with Gasteiger partial charge in [0.1, 0.15) is 5.75 Å². The van der Waals surface area contributed by atoms with E-state index in [1.54, 1.807) is 48.5 Å². The number of carbonyl (C=O) groups excluding carboxylic acids is 3. The second-order valence-corrected chi connectivity index (χ2v) is 5.89. The molecule has 0 saturated heterocycles. The number of rotatable bonds is 6. The van der Waals surface area contributed by atoms with Crippen LogP contribution in [0.4, 0.5) is 0 Å². The Bertz CT molecular complexity index is 862. The number of ketones is 2. The van der Waals surface area contributed by atoms with E-state index >= 15 is 0 Å². The van der Waals surface area contributed by atoms with E-state index in [0.29, 0.717) is 21.9 Å². The van der Waals surface area contributed by atoms with E-state index in [0.717, 1.165) is 0 Å². The molecule has 2 aromatic rings. The number of hydrogen-bond acceptors (Lipinski definition) is 4. The Balaban J connectivity index is 2.14. The van der Waals surface area contributed by atoms with Gasteiger partial charge in [0.25, 0.3) is 0 Å². The third-order valence-electron chi connectivity index (χ3n) is 3.51. The van der Waals surface area contributed by atoms with Gasteiger partial charge in [0.2, 0.25) is 0 Å². The van der Waals surface area contributed by atoms with Crippen molar-refractivity contribution >= 4 is 34.2 Å². The Hall–Kier alpha value is -2.98. The van der Waals surface area contributed by atoms with Gasteiger partial charge < -0.3 is 4.74 Å². The van der Waals surface area contributed by atoms with Crippen LogP contribution < -0.4 is 4.74 Å². The van der Waals surface area contributed by atoms with Crippen LogP contribution >= 0.6 is 11.6 Å². The van der Waals surface area contributed by atoms with Gasteiger partial charge in [0, 0.05) is 5.03 Å². The van der Waals surface area contributed by atoms with Crippen molar-refractivity contribution in [2.75, 3.05) is 0 Å². The van der Waals surface area contributed by atoms with Crippen molar-refractivity contribution < 1.29 is 19.1 Å². The van der Waals surface area contributed by atoms with Crippen LogP contribution in [-0.4, -0.2) is 17.5 Å². The van der Waals surface area contributed by atoms with Crippen LogP contribution in [0.1, 0.15) is 29.8 Å². The molecule has 0 aliphatic carbocycles. The highest BCUT2D eigenvalue weighted by Gasteiger charge is 2.10. The largest absolute Gasteiger partial charge is 0.423 e. The summed E-state index contributed by atoms with van der Waals surface area (Å²) >= 11 is 6.20. The van der Waals surface area contributed by atoms with E-state index < -0.39 is 5.97 Å². The van der Waals surface area contributed by atoms with Crippen molar-refractivity contribution in [2.45, 2.75) is 13.8 Å². The molecular formula is C21H17ClO4. The van der Waals surface area contributed by atoms with Crippen molar-refractivity contribution in [1.29, 1.82) is 0 Å². The maximum Gasteiger partial charge on any atom is 0.343 e. The summed E-state index contributed by atoms with van der Waals surface area (Å²) in [5.74, 6) is -0.654. The van der Waals surface area contributed by atoms with Crippen molar-refractivity contribution in [3.63, 3.8) is 0 Å². The van der Waals surface area contributed by atoms with Crippen molar-refractivity contribution in [2.24, 2.45) is 0 Å². The lowest BCUT2D eigenvalue weighted by Gasteiger charge is -2.05. The first-order chi connectivity index (χ1) is 12.4. The van der Waals surface area contributed by atoms with Crippen molar-refractivity contribution in [1.82, 2.24) is 0 Å². The molecule has 132 valence electrons. The summed E-state index contributed by atoms with van der Waals surface area (Å²) in [5, 5.41) is 0.341. The summed E-state index contributed by atoms with van der Waals surface area (Å²) in [4.78, 5) is 34.9. The van der Waals surface area contributed by atoms with E-state index in [9.17, 15) is 14.4 Å². The standard InChI is InChI=1S/C21H17ClO4/c1-14(23)19(15(2)24)12-13-20(22)16-8-10-17(11-9-16)21(25)26-18-6-4-3-5-7-18/h3-13H,1-2H3. The van der Waals surface area contributed by atoms with E-state index in [4.69, 9.17) is 16.3 Å². The fraction of sp³-hybridized carbons (Fsp3) is 0.0952. The third kappa shape index (κ3) is 5.26. The highest BCUT2D eigenvalue weighted by Crippen LogP contribution is 2.21. The molecule has 0 heterocycles. The molecule has 0 spiro atoms. The Labute approximate surface area is 156 Å². The van der Waals surface area contributed by atoms with Crippen LogP contribution in [0.2, 0.25) is 0 Å². The zero-order valence-electron chi connectivity index (χ0n) is 14.4. The van der Waals surface area contributed by atoms with Gasteiger partial charge in [-0.2, -0.15) is 0 Å². The maximum atomic E-state index is 12.1. The molecule has 0 fully saturated rings. The zero-order valence-corrected chi connectivity index (χ0v) is 15.1. The van der Waals surface area contributed by atoms with Crippen LogP contribution in [0.25, 0.3) is 5.03 Å². The minimum atomic E-state index is -0.474. The van der Waals surface area contributed by atoms with Gasteiger partial charge in [-0.15, -0.1) is 0 Å². The molecule has 0 bridgehead atoms. The number of hydrogen-bond donors (Lipinski definition) is 0.